The van der Waals surface area contributed by atoms with E-state index in [2.05, 4.69) is 5.32 Å². The number of dihydropyridines is 1. The van der Waals surface area contributed by atoms with Gasteiger partial charge in [0.1, 0.15) is 18.9 Å². The molecule has 0 aliphatic carbocycles. The van der Waals surface area contributed by atoms with E-state index in [0.29, 0.717) is 42.9 Å². The number of likely N-dealkylation sites (N-methyl/N-ethyl adjacent to an activating group) is 2. The van der Waals surface area contributed by atoms with Crippen molar-refractivity contribution >= 4 is 39.8 Å². The molecule has 4 N–H and O–H groups in total. The summed E-state index contributed by atoms with van der Waals surface area (Å²) in [4.78, 5) is 13.7. The van der Waals surface area contributed by atoms with E-state index in [1.54, 1.807) is 0 Å². The Morgan fingerprint density at radius 1 is 0.841 bits per heavy atom. The van der Waals surface area contributed by atoms with Gasteiger partial charge in [-0.1, -0.05) is 12.1 Å². The number of fused-ring (bicyclic) bond motifs is 2. The highest BCUT2D eigenvalue weighted by Crippen LogP contribution is 2.35. The highest BCUT2D eigenvalue weighted by atomic mass is 16.5. The summed E-state index contributed by atoms with van der Waals surface area (Å²) in [5.74, 6) is 1.31. The lowest BCUT2D eigenvalue weighted by Gasteiger charge is -2.16. The normalized spacial score (nSPS) is 14.7. The summed E-state index contributed by atoms with van der Waals surface area (Å²) in [5, 5.41) is 21.5. The zero-order chi connectivity index (χ0) is 31.7. The van der Waals surface area contributed by atoms with E-state index in [0.717, 1.165) is 40.1 Å². The molecule has 0 spiro atoms. The number of aliphatic imine (C=N–C) groups is 2. The lowest BCUT2D eigenvalue weighted by Crippen LogP contribution is -2.29. The van der Waals surface area contributed by atoms with Crippen LogP contribution in [-0.2, 0) is 0 Å². The van der Waals surface area contributed by atoms with Crippen LogP contribution in [0.5, 0.6) is 11.8 Å². The summed E-state index contributed by atoms with van der Waals surface area (Å²) in [6.07, 6.45) is 1.54. The Hall–Kier alpha value is -4.75. The van der Waals surface area contributed by atoms with Crippen molar-refractivity contribution in [2.75, 3.05) is 59.8 Å². The largest absolute Gasteiger partial charge is 0.474 e. The Bertz CT molecular complexity index is 1830. The van der Waals surface area contributed by atoms with Gasteiger partial charge in [-0.25, -0.2) is 19.0 Å². The second-order valence-electron chi connectivity index (χ2n) is 11.5. The predicted molar refractivity (Wildman–Crippen MR) is 176 cm³/mol. The first kappa shape index (κ1) is 30.7. The molecule has 4 aromatic rings. The number of nitrogens with one attached hydrogen (secondary N) is 2. The van der Waals surface area contributed by atoms with E-state index >= 15 is 0 Å². The second kappa shape index (κ2) is 12.5. The molecule has 0 radical (unpaired) electrons. The minimum atomic E-state index is 0.109. The molecular formula is C31H41N11O2. The van der Waals surface area contributed by atoms with Crippen LogP contribution >= 0.6 is 0 Å². The third-order valence-corrected chi connectivity index (χ3v) is 7.56. The van der Waals surface area contributed by atoms with Crippen molar-refractivity contribution in [2.24, 2.45) is 15.7 Å². The average molecular weight is 600 g/mol. The fraction of sp³-hybridized carbons (Fsp3) is 0.387. The number of hydrogen-bond acceptors (Lipinski definition) is 10. The van der Waals surface area contributed by atoms with E-state index in [4.69, 9.17) is 40.8 Å². The van der Waals surface area contributed by atoms with Gasteiger partial charge in [0, 0.05) is 24.5 Å². The number of amidine groups is 2. The summed E-state index contributed by atoms with van der Waals surface area (Å²) < 4.78 is 15.9. The molecule has 13 heteroatoms. The summed E-state index contributed by atoms with van der Waals surface area (Å²) in [6.45, 7) is 10.4. The standard InChI is InChI=1S/C31H41N11O2/c1-18-9-11-24-26(30(37-41(24)20(18)3)43-15-13-39(5)6)34-28-22(32)17-23(33)29(36-28)35-27-25-12-10-19(2)21(4)42(25)38-31(27)44-16-14-40(7)8/h9-12,17,32H,13-16,33H2,1-8H3,(H,34,35,36). The number of nitrogens with two attached hydrogens (primary N) is 1. The number of anilines is 1. The van der Waals surface area contributed by atoms with Crippen LogP contribution in [0.3, 0.4) is 0 Å². The summed E-state index contributed by atoms with van der Waals surface area (Å²) in [6, 6.07) is 8.00. The van der Waals surface area contributed by atoms with Crippen LogP contribution in [0, 0.1) is 33.1 Å². The molecule has 5 heterocycles. The zero-order valence-electron chi connectivity index (χ0n) is 26.7. The molecule has 0 bridgehead atoms. The van der Waals surface area contributed by atoms with E-state index in [-0.39, 0.29) is 23.1 Å². The number of pyridine rings is 2. The van der Waals surface area contributed by atoms with Gasteiger partial charge in [0.05, 0.1) is 22.4 Å². The third kappa shape index (κ3) is 6.15. The van der Waals surface area contributed by atoms with E-state index in [1.165, 1.54) is 6.08 Å². The number of nitrogens with zero attached hydrogens (tertiary/aromatic N) is 8. The summed E-state index contributed by atoms with van der Waals surface area (Å²) in [5.41, 5.74) is 13.6. The molecule has 5 rings (SSSR count). The predicted octanol–water partition coefficient (Wildman–Crippen LogP) is 3.51. The molecule has 0 amide bonds. The molecule has 13 nitrogen and oxygen atoms in total. The molecule has 0 saturated carbocycles. The fourth-order valence-corrected chi connectivity index (χ4v) is 4.61. The molecule has 0 saturated heterocycles. The highest BCUT2D eigenvalue weighted by molar-refractivity contribution is 6.52. The van der Waals surface area contributed by atoms with Crippen LogP contribution in [0.1, 0.15) is 22.5 Å². The van der Waals surface area contributed by atoms with Crippen molar-refractivity contribution in [3.05, 3.63) is 58.6 Å². The molecule has 232 valence electrons. The molecular weight excluding hydrogens is 558 g/mol. The van der Waals surface area contributed by atoms with Gasteiger partial charge >= 0.3 is 0 Å². The summed E-state index contributed by atoms with van der Waals surface area (Å²) in [7, 11) is 7.94. The molecule has 0 atom stereocenters. The molecule has 44 heavy (non-hydrogen) atoms. The molecule has 4 aromatic heterocycles. The van der Waals surface area contributed by atoms with Crippen LogP contribution in [-0.4, -0.2) is 101 Å². The Balaban J connectivity index is 1.57. The van der Waals surface area contributed by atoms with Crippen molar-refractivity contribution in [2.45, 2.75) is 27.7 Å². The molecule has 1 aliphatic heterocycles. The first-order chi connectivity index (χ1) is 20.9. The smallest absolute Gasteiger partial charge is 0.260 e. The summed E-state index contributed by atoms with van der Waals surface area (Å²) >= 11 is 0. The fourth-order valence-electron chi connectivity index (χ4n) is 4.61. The molecule has 0 unspecified atom stereocenters. The van der Waals surface area contributed by atoms with Gasteiger partial charge < -0.3 is 30.3 Å². The highest BCUT2D eigenvalue weighted by Gasteiger charge is 2.24. The van der Waals surface area contributed by atoms with Gasteiger partial charge in [-0.3, -0.25) is 5.41 Å². The van der Waals surface area contributed by atoms with Gasteiger partial charge in [-0.05, 0) is 85.2 Å². The van der Waals surface area contributed by atoms with Crippen molar-refractivity contribution in [1.29, 1.82) is 5.41 Å². The Morgan fingerprint density at radius 3 is 2.00 bits per heavy atom. The van der Waals surface area contributed by atoms with Crippen LogP contribution < -0.4 is 20.5 Å². The molecule has 0 aromatic carbocycles. The number of rotatable bonds is 10. The van der Waals surface area contributed by atoms with Crippen molar-refractivity contribution in [3.8, 4) is 11.8 Å². The maximum Gasteiger partial charge on any atom is 0.260 e. The number of hydrogen-bond donors (Lipinski definition) is 3. The quantitative estimate of drug-likeness (QED) is 0.251. The topological polar surface area (TPSA) is 146 Å². The molecule has 1 aliphatic rings. The zero-order valence-corrected chi connectivity index (χ0v) is 26.7. The monoisotopic (exact) mass is 599 g/mol. The Morgan fingerprint density at radius 2 is 1.39 bits per heavy atom. The van der Waals surface area contributed by atoms with Gasteiger partial charge in [0.2, 0.25) is 0 Å². The van der Waals surface area contributed by atoms with Crippen LogP contribution in [0.2, 0.25) is 0 Å². The van der Waals surface area contributed by atoms with Crippen LogP contribution in [0.25, 0.3) is 11.0 Å². The minimum Gasteiger partial charge on any atom is -0.474 e. The number of aryl methyl sites for hydroxylation is 4. The first-order valence-electron chi connectivity index (χ1n) is 14.5. The van der Waals surface area contributed by atoms with Gasteiger partial charge in [0.15, 0.2) is 17.4 Å². The van der Waals surface area contributed by atoms with Crippen molar-refractivity contribution in [1.82, 2.24) is 29.0 Å². The average Bonchev–Trinajstić information content (AvgIpc) is 3.49. The first-order valence-corrected chi connectivity index (χ1v) is 14.5. The van der Waals surface area contributed by atoms with E-state index < -0.39 is 0 Å². The van der Waals surface area contributed by atoms with E-state index in [9.17, 15) is 0 Å². The number of aromatic nitrogens is 4. The van der Waals surface area contributed by atoms with Crippen molar-refractivity contribution < 1.29 is 9.47 Å². The lowest BCUT2D eigenvalue weighted by atomic mass is 10.2. The maximum absolute atomic E-state index is 8.70. The second-order valence-corrected chi connectivity index (χ2v) is 11.5. The Kier molecular flexibility index (Phi) is 8.70. The minimum absolute atomic E-state index is 0.109. The Labute approximate surface area is 257 Å². The van der Waals surface area contributed by atoms with Gasteiger partial charge in [-0.15, -0.1) is 10.2 Å². The lowest BCUT2D eigenvalue weighted by molar-refractivity contribution is 0.253. The SMILES string of the molecule is Cc1ccc2c(N=C3N=C(Nc4c(OCCN(C)C)nn5c(C)c(C)ccc45)C(=N)C=C3N)c(OCCN(C)C)nn2c1C. The van der Waals surface area contributed by atoms with Gasteiger partial charge in [-0.2, -0.15) is 0 Å². The number of ether oxygens (including phenoxy) is 2. The molecule has 0 fully saturated rings. The van der Waals surface area contributed by atoms with Crippen molar-refractivity contribution in [3.63, 3.8) is 0 Å². The third-order valence-electron chi connectivity index (χ3n) is 7.56. The maximum atomic E-state index is 8.70. The van der Waals surface area contributed by atoms with E-state index in [1.807, 2.05) is 99.0 Å². The van der Waals surface area contributed by atoms with Crippen LogP contribution in [0.15, 0.2) is 46.0 Å². The van der Waals surface area contributed by atoms with Crippen LogP contribution in [0.4, 0.5) is 11.4 Å². The van der Waals surface area contributed by atoms with Gasteiger partial charge in [0.25, 0.3) is 11.8 Å².